The van der Waals surface area contributed by atoms with E-state index >= 15 is 0 Å². The van der Waals surface area contributed by atoms with E-state index in [0.717, 1.165) is 27.6 Å². The SMILES string of the molecule is CC.COCCC(=O)N1CCN(c2nc(C(C)C)c(-c3cncc4ccccc34)cc2C#N)CC1. The zero-order chi connectivity index (χ0) is 25.4. The summed E-state index contributed by atoms with van der Waals surface area (Å²) in [7, 11) is 1.60. The Balaban J connectivity index is 0.00000167. The molecule has 1 aliphatic heterocycles. The molecule has 184 valence electrons. The van der Waals surface area contributed by atoms with Gasteiger partial charge in [-0.25, -0.2) is 4.98 Å². The second kappa shape index (κ2) is 12.3. The number of benzene rings is 1. The number of aromatic nitrogens is 2. The molecule has 1 fully saturated rings. The number of carbonyl (C=O) groups excluding carboxylic acids is 1. The topological polar surface area (TPSA) is 82.3 Å². The molecule has 3 aromatic rings. The minimum atomic E-state index is 0.103. The van der Waals surface area contributed by atoms with Crippen LogP contribution in [0.15, 0.2) is 42.7 Å². The number of amides is 1. The number of pyridine rings is 2. The van der Waals surface area contributed by atoms with Crippen LogP contribution < -0.4 is 4.90 Å². The van der Waals surface area contributed by atoms with Gasteiger partial charge in [0.25, 0.3) is 0 Å². The molecule has 4 rings (SSSR count). The van der Waals surface area contributed by atoms with Gasteiger partial charge in [-0.3, -0.25) is 9.78 Å². The predicted molar refractivity (Wildman–Crippen MR) is 140 cm³/mol. The molecule has 0 atom stereocenters. The normalized spacial score (nSPS) is 13.4. The third-order valence-electron chi connectivity index (χ3n) is 6.11. The van der Waals surface area contributed by atoms with Crippen LogP contribution in [0.4, 0.5) is 5.82 Å². The summed E-state index contributed by atoms with van der Waals surface area (Å²) in [5, 5.41) is 12.1. The molecule has 0 radical (unpaired) electrons. The Hall–Kier alpha value is -3.50. The van der Waals surface area contributed by atoms with Crippen LogP contribution in [0.25, 0.3) is 21.9 Å². The lowest BCUT2D eigenvalue weighted by atomic mass is 9.94. The summed E-state index contributed by atoms with van der Waals surface area (Å²) >= 11 is 0. The van der Waals surface area contributed by atoms with E-state index in [9.17, 15) is 10.1 Å². The molecule has 0 N–H and O–H groups in total. The molecule has 7 nitrogen and oxygen atoms in total. The van der Waals surface area contributed by atoms with Crippen LogP contribution in [0, 0.1) is 11.3 Å². The fraction of sp³-hybridized carbons (Fsp3) is 0.429. The fourth-order valence-corrected chi connectivity index (χ4v) is 4.34. The Kier molecular flexibility index (Phi) is 9.16. The molecule has 7 heteroatoms. The summed E-state index contributed by atoms with van der Waals surface area (Å²) in [4.78, 5) is 25.8. The monoisotopic (exact) mass is 473 g/mol. The van der Waals surface area contributed by atoms with E-state index in [-0.39, 0.29) is 11.8 Å². The highest BCUT2D eigenvalue weighted by Gasteiger charge is 2.25. The molecular weight excluding hydrogens is 438 g/mol. The first-order chi connectivity index (χ1) is 17.0. The smallest absolute Gasteiger partial charge is 0.225 e. The summed E-state index contributed by atoms with van der Waals surface area (Å²) in [6.07, 6.45) is 4.11. The number of hydrogen-bond donors (Lipinski definition) is 0. The van der Waals surface area contributed by atoms with Gasteiger partial charge in [-0.2, -0.15) is 5.26 Å². The van der Waals surface area contributed by atoms with Crippen molar-refractivity contribution in [2.45, 2.75) is 40.0 Å². The quantitative estimate of drug-likeness (QED) is 0.501. The van der Waals surface area contributed by atoms with Gasteiger partial charge in [-0.1, -0.05) is 52.0 Å². The molecule has 1 saturated heterocycles. The molecule has 1 aliphatic rings. The lowest BCUT2D eigenvalue weighted by Crippen LogP contribution is -2.49. The first kappa shape index (κ1) is 26.1. The van der Waals surface area contributed by atoms with Crippen molar-refractivity contribution in [3.8, 4) is 17.2 Å². The fourth-order valence-electron chi connectivity index (χ4n) is 4.34. The minimum Gasteiger partial charge on any atom is -0.384 e. The number of rotatable bonds is 6. The average molecular weight is 474 g/mol. The van der Waals surface area contributed by atoms with Gasteiger partial charge >= 0.3 is 0 Å². The first-order valence-electron chi connectivity index (χ1n) is 12.3. The predicted octanol–water partition coefficient (Wildman–Crippen LogP) is 5.00. The Morgan fingerprint density at radius 1 is 1.11 bits per heavy atom. The maximum atomic E-state index is 12.3. The zero-order valence-corrected chi connectivity index (χ0v) is 21.4. The number of nitrogens with zero attached hydrogens (tertiary/aromatic N) is 5. The van der Waals surface area contributed by atoms with E-state index in [1.54, 1.807) is 7.11 Å². The maximum Gasteiger partial charge on any atom is 0.225 e. The molecule has 0 unspecified atom stereocenters. The van der Waals surface area contributed by atoms with Crippen molar-refractivity contribution >= 4 is 22.5 Å². The highest BCUT2D eigenvalue weighted by molar-refractivity contribution is 5.96. The van der Waals surface area contributed by atoms with Gasteiger partial charge in [0, 0.05) is 62.2 Å². The molecule has 2 aromatic heterocycles. The summed E-state index contributed by atoms with van der Waals surface area (Å²) in [5.41, 5.74) is 3.42. The Morgan fingerprint density at radius 3 is 2.49 bits per heavy atom. The zero-order valence-electron chi connectivity index (χ0n) is 21.4. The van der Waals surface area contributed by atoms with Crippen molar-refractivity contribution in [1.82, 2.24) is 14.9 Å². The maximum absolute atomic E-state index is 12.3. The van der Waals surface area contributed by atoms with Gasteiger partial charge in [-0.05, 0) is 17.4 Å². The van der Waals surface area contributed by atoms with Crippen LogP contribution in [0.3, 0.4) is 0 Å². The van der Waals surface area contributed by atoms with Crippen LogP contribution in [0.2, 0.25) is 0 Å². The van der Waals surface area contributed by atoms with Crippen LogP contribution >= 0.6 is 0 Å². The van der Waals surface area contributed by atoms with Gasteiger partial charge in [0.15, 0.2) is 0 Å². The van der Waals surface area contributed by atoms with Crippen molar-refractivity contribution in [3.63, 3.8) is 0 Å². The number of fused-ring (bicyclic) bond motifs is 1. The van der Waals surface area contributed by atoms with Gasteiger partial charge in [0.05, 0.1) is 24.3 Å². The molecule has 35 heavy (non-hydrogen) atoms. The Morgan fingerprint density at radius 2 is 1.83 bits per heavy atom. The molecule has 1 amide bonds. The third kappa shape index (κ3) is 5.77. The van der Waals surface area contributed by atoms with Gasteiger partial charge in [-0.15, -0.1) is 0 Å². The Bertz CT molecular complexity index is 1190. The first-order valence-corrected chi connectivity index (χ1v) is 12.3. The van der Waals surface area contributed by atoms with Crippen LogP contribution in [0.1, 0.15) is 51.3 Å². The Labute approximate surface area is 208 Å². The van der Waals surface area contributed by atoms with E-state index in [2.05, 4.69) is 35.9 Å². The van der Waals surface area contributed by atoms with Gasteiger partial charge in [0.2, 0.25) is 5.91 Å². The van der Waals surface area contributed by atoms with E-state index in [1.807, 2.05) is 55.4 Å². The van der Waals surface area contributed by atoms with E-state index < -0.39 is 0 Å². The van der Waals surface area contributed by atoms with E-state index in [0.29, 0.717) is 50.6 Å². The van der Waals surface area contributed by atoms with Crippen molar-refractivity contribution in [3.05, 3.63) is 54.0 Å². The highest BCUT2D eigenvalue weighted by atomic mass is 16.5. The number of hydrogen-bond acceptors (Lipinski definition) is 6. The lowest BCUT2D eigenvalue weighted by Gasteiger charge is -2.36. The van der Waals surface area contributed by atoms with Crippen molar-refractivity contribution < 1.29 is 9.53 Å². The van der Waals surface area contributed by atoms with Gasteiger partial charge < -0.3 is 14.5 Å². The third-order valence-corrected chi connectivity index (χ3v) is 6.11. The van der Waals surface area contributed by atoms with E-state index in [4.69, 9.17) is 9.72 Å². The second-order valence-corrected chi connectivity index (χ2v) is 8.58. The van der Waals surface area contributed by atoms with Crippen LogP contribution in [-0.4, -0.2) is 60.7 Å². The number of anilines is 1. The van der Waals surface area contributed by atoms with Gasteiger partial charge in [0.1, 0.15) is 11.9 Å². The lowest BCUT2D eigenvalue weighted by molar-refractivity contribution is -0.132. The molecule has 0 aliphatic carbocycles. The summed E-state index contributed by atoms with van der Waals surface area (Å²) in [6, 6.07) is 12.4. The molecule has 0 spiro atoms. The van der Waals surface area contributed by atoms with Crippen molar-refractivity contribution in [1.29, 1.82) is 5.26 Å². The number of carbonyl (C=O) groups is 1. The standard InChI is InChI=1S/C26H29N5O2.C2H6/c1-18(2)25-22(23-17-28-16-19-6-4-5-7-21(19)23)14-20(15-27)26(29-25)31-11-9-30(10-12-31)24(32)8-13-33-3;1-2/h4-7,14,16-18H,8-13H2,1-3H3;1-2H3. The molecule has 3 heterocycles. The van der Waals surface area contributed by atoms with E-state index in [1.165, 1.54) is 0 Å². The minimum absolute atomic E-state index is 0.103. The van der Waals surface area contributed by atoms with Crippen LogP contribution in [0.5, 0.6) is 0 Å². The molecule has 1 aromatic carbocycles. The number of ether oxygens (including phenoxy) is 1. The molecule has 0 bridgehead atoms. The number of nitriles is 1. The largest absolute Gasteiger partial charge is 0.384 e. The van der Waals surface area contributed by atoms with Crippen molar-refractivity contribution in [2.24, 2.45) is 0 Å². The summed E-state index contributed by atoms with van der Waals surface area (Å²) in [5.74, 6) is 0.969. The molecular formula is C28H35N5O2. The highest BCUT2D eigenvalue weighted by Crippen LogP contribution is 2.36. The second-order valence-electron chi connectivity index (χ2n) is 8.58. The average Bonchev–Trinajstić information content (AvgIpc) is 2.91. The summed E-state index contributed by atoms with van der Waals surface area (Å²) in [6.45, 7) is 11.2. The molecule has 0 saturated carbocycles. The summed E-state index contributed by atoms with van der Waals surface area (Å²) < 4.78 is 5.03. The number of methoxy groups -OCH3 is 1. The van der Waals surface area contributed by atoms with Crippen LogP contribution in [-0.2, 0) is 9.53 Å². The number of piperazine rings is 1. The van der Waals surface area contributed by atoms with Crippen molar-refractivity contribution in [2.75, 3.05) is 44.8 Å².